The van der Waals surface area contributed by atoms with Gasteiger partial charge < -0.3 is 23.8 Å². The van der Waals surface area contributed by atoms with Crippen molar-refractivity contribution in [1.29, 1.82) is 0 Å². The van der Waals surface area contributed by atoms with Gasteiger partial charge in [-0.25, -0.2) is 4.79 Å². The highest BCUT2D eigenvalue weighted by atomic mass is 16.6. The maximum atomic E-state index is 12.7. The fraction of sp³-hybridized carbons (Fsp3) is 0.685. The molecule has 0 saturated carbocycles. The van der Waals surface area contributed by atoms with Gasteiger partial charge in [-0.3, -0.25) is 9.59 Å². The minimum atomic E-state index is -0.886. The molecule has 0 bridgehead atoms. The Kier molecular flexibility index (Phi) is 41.6. The smallest absolute Gasteiger partial charge is 0.362 e. The minimum Gasteiger partial charge on any atom is -0.477 e. The van der Waals surface area contributed by atoms with Gasteiger partial charge in [0, 0.05) is 19.3 Å². The third-order valence-electron chi connectivity index (χ3n) is 10.5. The van der Waals surface area contributed by atoms with E-state index in [1.54, 1.807) is 0 Å². The lowest BCUT2D eigenvalue weighted by Crippen LogP contribution is -2.50. The Bertz CT molecular complexity index is 1290. The highest BCUT2D eigenvalue weighted by Gasteiger charge is 2.31. The molecule has 0 aromatic heterocycles. The Morgan fingerprint density at radius 2 is 0.919 bits per heavy atom. The fourth-order valence-electron chi connectivity index (χ4n) is 6.75. The van der Waals surface area contributed by atoms with Crippen molar-refractivity contribution in [2.75, 3.05) is 41.0 Å². The fourth-order valence-corrected chi connectivity index (χ4v) is 6.75. The second kappa shape index (κ2) is 44.1. The van der Waals surface area contributed by atoms with Gasteiger partial charge in [-0.1, -0.05) is 170 Å². The summed E-state index contributed by atoms with van der Waals surface area (Å²) in [5.41, 5.74) is 0. The molecular weight excluding hydrogens is 775 g/mol. The van der Waals surface area contributed by atoms with E-state index in [2.05, 4.69) is 98.9 Å². The molecule has 1 N–H and O–H groups in total. The summed E-state index contributed by atoms with van der Waals surface area (Å²) in [5, 5.41) is 9.64. The van der Waals surface area contributed by atoms with Crippen LogP contribution in [0.1, 0.15) is 187 Å². The number of esters is 2. The van der Waals surface area contributed by atoms with Gasteiger partial charge in [0.15, 0.2) is 12.1 Å². The van der Waals surface area contributed by atoms with Crippen molar-refractivity contribution >= 4 is 17.9 Å². The summed E-state index contributed by atoms with van der Waals surface area (Å²) < 4.78 is 17.3. The Balaban J connectivity index is 4.35. The maximum Gasteiger partial charge on any atom is 0.362 e. The SMILES string of the molecule is CC/C=C/C/C=C/C/C=C/CCCCCCCCCCCCCC(=O)OCC(COCCC(C(=O)O)[N+](C)(C)C)OC(=O)CCC/C=C/C/C=C/C/C=C/C/C=C/CCCCC. The Morgan fingerprint density at radius 1 is 0.500 bits per heavy atom. The van der Waals surface area contributed by atoms with E-state index >= 15 is 0 Å². The van der Waals surface area contributed by atoms with Crippen molar-refractivity contribution in [2.24, 2.45) is 0 Å². The van der Waals surface area contributed by atoms with E-state index in [1.807, 2.05) is 21.1 Å². The van der Waals surface area contributed by atoms with Crippen LogP contribution in [0, 0.1) is 0 Å². The summed E-state index contributed by atoms with van der Waals surface area (Å²) in [6.45, 7) is 4.54. The molecule has 0 aromatic rings. The number of allylic oxidation sites excluding steroid dienone is 14. The lowest BCUT2D eigenvalue weighted by atomic mass is 10.0. The van der Waals surface area contributed by atoms with Gasteiger partial charge in [0.2, 0.25) is 0 Å². The van der Waals surface area contributed by atoms with Crippen molar-refractivity contribution in [3.63, 3.8) is 0 Å². The first-order chi connectivity index (χ1) is 30.1. The number of carboxylic acid groups (broad SMARTS) is 1. The zero-order valence-corrected chi connectivity index (χ0v) is 40.3. The molecule has 0 fully saturated rings. The lowest BCUT2D eigenvalue weighted by molar-refractivity contribution is -0.887. The molecule has 0 rings (SSSR count). The van der Waals surface area contributed by atoms with E-state index in [4.69, 9.17) is 14.2 Å². The summed E-state index contributed by atoms with van der Waals surface area (Å²) in [4.78, 5) is 37.1. The zero-order chi connectivity index (χ0) is 45.6. The van der Waals surface area contributed by atoms with Gasteiger partial charge in [0.05, 0.1) is 34.4 Å². The van der Waals surface area contributed by atoms with Gasteiger partial charge in [-0.2, -0.15) is 0 Å². The molecular formula is C54H92NO7+. The first kappa shape index (κ1) is 58.5. The first-order valence-electron chi connectivity index (χ1n) is 24.6. The number of nitrogens with zero attached hydrogens (tertiary/aromatic N) is 1. The number of aliphatic carboxylic acids is 1. The largest absolute Gasteiger partial charge is 0.477 e. The number of carbonyl (C=O) groups is 3. The van der Waals surface area contributed by atoms with Crippen LogP contribution < -0.4 is 0 Å². The van der Waals surface area contributed by atoms with Crippen molar-refractivity contribution in [3.05, 3.63) is 85.1 Å². The van der Waals surface area contributed by atoms with E-state index in [-0.39, 0.29) is 42.7 Å². The highest BCUT2D eigenvalue weighted by Crippen LogP contribution is 2.14. The predicted octanol–water partition coefficient (Wildman–Crippen LogP) is 14.1. The van der Waals surface area contributed by atoms with Gasteiger partial charge in [-0.05, 0) is 83.5 Å². The van der Waals surface area contributed by atoms with Crippen LogP contribution in [0.25, 0.3) is 0 Å². The average Bonchev–Trinajstić information content (AvgIpc) is 3.23. The molecule has 0 amide bonds. The highest BCUT2D eigenvalue weighted by molar-refractivity contribution is 5.72. The average molecular weight is 867 g/mol. The number of carboxylic acids is 1. The van der Waals surface area contributed by atoms with Crippen molar-refractivity contribution in [1.82, 2.24) is 0 Å². The molecule has 62 heavy (non-hydrogen) atoms. The van der Waals surface area contributed by atoms with Crippen LogP contribution in [0.5, 0.6) is 0 Å². The zero-order valence-electron chi connectivity index (χ0n) is 40.3. The lowest BCUT2D eigenvalue weighted by Gasteiger charge is -2.31. The van der Waals surface area contributed by atoms with E-state index < -0.39 is 18.1 Å². The van der Waals surface area contributed by atoms with Crippen LogP contribution in [0.2, 0.25) is 0 Å². The molecule has 8 nitrogen and oxygen atoms in total. The summed E-state index contributed by atoms with van der Waals surface area (Å²) >= 11 is 0. The number of rotatable bonds is 43. The van der Waals surface area contributed by atoms with E-state index in [9.17, 15) is 19.5 Å². The number of carbonyl (C=O) groups excluding carboxylic acids is 2. The quantitative estimate of drug-likeness (QED) is 0.0282. The number of unbranched alkanes of at least 4 members (excludes halogenated alkanes) is 15. The second-order valence-corrected chi connectivity index (χ2v) is 17.3. The van der Waals surface area contributed by atoms with Crippen molar-refractivity contribution in [2.45, 2.75) is 199 Å². The van der Waals surface area contributed by atoms with Crippen molar-refractivity contribution < 1.29 is 38.2 Å². The summed E-state index contributed by atoms with van der Waals surface area (Å²) in [7, 11) is 5.51. The molecule has 8 heteroatoms. The Labute approximate surface area is 380 Å². The standard InChI is InChI=1S/C54H91NO7/c1-6-8-10-12-14-16-18-20-22-24-25-26-27-29-30-32-34-36-38-40-42-44-52(56)61-49-50(48-60-47-46-51(54(58)59)55(3,4)5)62-53(57)45-43-41-39-37-35-33-31-28-23-21-19-17-15-13-11-9-7-2/h8,10,14-17,20-23,31,33,37,39,50-51H,6-7,9,11-13,18-19,24-30,32,34-36,38,40-49H2,1-5H3/p+1/b10-8+,16-14+,17-15+,22-20+,23-21+,33-31+,39-37+. The summed E-state index contributed by atoms with van der Waals surface area (Å²) in [5.74, 6) is -1.55. The Hall–Kier alpha value is -3.49. The van der Waals surface area contributed by atoms with Gasteiger partial charge >= 0.3 is 17.9 Å². The molecule has 2 unspecified atom stereocenters. The predicted molar refractivity (Wildman–Crippen MR) is 261 cm³/mol. The van der Waals surface area contributed by atoms with Crippen LogP contribution in [-0.4, -0.2) is 80.6 Å². The van der Waals surface area contributed by atoms with E-state index in [0.29, 0.717) is 19.3 Å². The summed E-state index contributed by atoms with van der Waals surface area (Å²) in [6.07, 6.45) is 57.8. The molecule has 354 valence electrons. The number of ether oxygens (including phenoxy) is 3. The van der Waals surface area contributed by atoms with Crippen LogP contribution in [0.3, 0.4) is 0 Å². The third-order valence-corrected chi connectivity index (χ3v) is 10.5. The molecule has 0 heterocycles. The molecule has 0 aromatic carbocycles. The molecule has 2 atom stereocenters. The van der Waals surface area contributed by atoms with Crippen LogP contribution in [-0.2, 0) is 28.6 Å². The van der Waals surface area contributed by atoms with Crippen LogP contribution in [0.4, 0.5) is 0 Å². The van der Waals surface area contributed by atoms with Gasteiger partial charge in [0.1, 0.15) is 6.61 Å². The second-order valence-electron chi connectivity index (χ2n) is 17.3. The minimum absolute atomic E-state index is 0.0346. The van der Waals surface area contributed by atoms with E-state index in [0.717, 1.165) is 64.2 Å². The number of likely N-dealkylation sites (N-methyl/N-ethyl adjacent to an activating group) is 1. The maximum absolute atomic E-state index is 12.7. The molecule has 0 aliphatic heterocycles. The molecule has 0 saturated heterocycles. The normalized spacial score (nSPS) is 13.6. The van der Waals surface area contributed by atoms with Crippen LogP contribution in [0.15, 0.2) is 85.1 Å². The molecule has 0 aliphatic rings. The molecule has 0 spiro atoms. The Morgan fingerprint density at radius 3 is 1.39 bits per heavy atom. The number of quaternary nitrogens is 1. The number of hydrogen-bond acceptors (Lipinski definition) is 6. The number of hydrogen-bond donors (Lipinski definition) is 1. The molecule has 0 aliphatic carbocycles. The van der Waals surface area contributed by atoms with Gasteiger partial charge in [-0.15, -0.1) is 0 Å². The molecule has 0 radical (unpaired) electrons. The monoisotopic (exact) mass is 867 g/mol. The summed E-state index contributed by atoms with van der Waals surface area (Å²) in [6, 6.07) is -0.629. The van der Waals surface area contributed by atoms with Crippen LogP contribution >= 0.6 is 0 Å². The van der Waals surface area contributed by atoms with E-state index in [1.165, 1.54) is 83.5 Å². The topological polar surface area (TPSA) is 99.1 Å². The first-order valence-corrected chi connectivity index (χ1v) is 24.6. The van der Waals surface area contributed by atoms with Gasteiger partial charge in [0.25, 0.3) is 0 Å². The third kappa shape index (κ3) is 41.8. The van der Waals surface area contributed by atoms with Crippen molar-refractivity contribution in [3.8, 4) is 0 Å².